The summed E-state index contributed by atoms with van der Waals surface area (Å²) >= 11 is 0. The third-order valence-electron chi connectivity index (χ3n) is 4.62. The number of nitrogens with one attached hydrogen (secondary N) is 1. The number of carbonyl (C=O) groups is 1. The van der Waals surface area contributed by atoms with Crippen LogP contribution in [0.4, 0.5) is 5.69 Å². The number of aromatic nitrogens is 1. The molecule has 5 nitrogen and oxygen atoms in total. The normalized spacial score (nSPS) is 12.8. The highest BCUT2D eigenvalue weighted by molar-refractivity contribution is 6.06. The number of hydrogen-bond acceptors (Lipinski definition) is 3. The van der Waals surface area contributed by atoms with Crippen LogP contribution in [-0.4, -0.2) is 17.6 Å². The Morgan fingerprint density at radius 3 is 2.72 bits per heavy atom. The van der Waals surface area contributed by atoms with E-state index in [2.05, 4.69) is 11.4 Å². The van der Waals surface area contributed by atoms with Gasteiger partial charge in [-0.2, -0.15) is 0 Å². The minimum atomic E-state index is -0.392. The van der Waals surface area contributed by atoms with Crippen LogP contribution in [0.25, 0.3) is 10.9 Å². The number of amides is 1. The maximum absolute atomic E-state index is 12.8. The molecule has 0 atom stereocenters. The van der Waals surface area contributed by atoms with Gasteiger partial charge in [-0.15, -0.1) is 0 Å². The molecule has 126 valence electrons. The summed E-state index contributed by atoms with van der Waals surface area (Å²) < 4.78 is 7.13. The molecule has 2 heterocycles. The monoisotopic (exact) mass is 334 g/mol. The first-order valence-electron chi connectivity index (χ1n) is 8.28. The lowest BCUT2D eigenvalue weighted by Crippen LogP contribution is -2.25. The quantitative estimate of drug-likeness (QED) is 0.800. The minimum absolute atomic E-state index is 0.169. The van der Waals surface area contributed by atoms with Gasteiger partial charge in [-0.25, -0.2) is 0 Å². The van der Waals surface area contributed by atoms with E-state index in [1.807, 2.05) is 10.6 Å². The van der Waals surface area contributed by atoms with Gasteiger partial charge in [0.1, 0.15) is 11.3 Å². The molecule has 5 heteroatoms. The molecular formula is C20H18N2O3. The van der Waals surface area contributed by atoms with Gasteiger partial charge in [0.25, 0.3) is 5.91 Å². The van der Waals surface area contributed by atoms with Gasteiger partial charge < -0.3 is 14.6 Å². The number of methoxy groups -OCH3 is 1. The number of benzene rings is 2. The predicted molar refractivity (Wildman–Crippen MR) is 97.5 cm³/mol. The van der Waals surface area contributed by atoms with E-state index in [-0.39, 0.29) is 11.0 Å². The van der Waals surface area contributed by atoms with E-state index in [0.29, 0.717) is 16.8 Å². The van der Waals surface area contributed by atoms with Crippen LogP contribution >= 0.6 is 0 Å². The van der Waals surface area contributed by atoms with Gasteiger partial charge in [-0.3, -0.25) is 9.59 Å². The molecule has 0 spiro atoms. The number of ether oxygens (including phenoxy) is 1. The van der Waals surface area contributed by atoms with E-state index in [9.17, 15) is 9.59 Å². The third kappa shape index (κ3) is 2.67. The second-order valence-corrected chi connectivity index (χ2v) is 6.16. The van der Waals surface area contributed by atoms with E-state index >= 15 is 0 Å². The molecule has 0 unspecified atom stereocenters. The zero-order valence-electron chi connectivity index (χ0n) is 13.9. The Hall–Kier alpha value is -3.08. The van der Waals surface area contributed by atoms with Crippen molar-refractivity contribution in [3.8, 4) is 5.75 Å². The molecular weight excluding hydrogens is 316 g/mol. The van der Waals surface area contributed by atoms with E-state index in [1.165, 1.54) is 5.56 Å². The highest BCUT2D eigenvalue weighted by Crippen LogP contribution is 2.24. The van der Waals surface area contributed by atoms with Crippen molar-refractivity contribution in [2.24, 2.45) is 0 Å². The highest BCUT2D eigenvalue weighted by Gasteiger charge is 2.19. The molecule has 0 bridgehead atoms. The van der Waals surface area contributed by atoms with E-state index in [4.69, 9.17) is 4.74 Å². The van der Waals surface area contributed by atoms with Crippen molar-refractivity contribution < 1.29 is 9.53 Å². The summed E-state index contributed by atoms with van der Waals surface area (Å²) in [6.07, 6.45) is 3.66. The summed E-state index contributed by atoms with van der Waals surface area (Å²) in [5.41, 5.74) is 2.70. The Bertz CT molecular complexity index is 1020. The van der Waals surface area contributed by atoms with Crippen LogP contribution in [0.2, 0.25) is 0 Å². The number of rotatable bonds is 3. The molecule has 0 aliphatic carbocycles. The topological polar surface area (TPSA) is 60.3 Å². The Kier molecular flexibility index (Phi) is 3.76. The fourth-order valence-corrected chi connectivity index (χ4v) is 3.39. The van der Waals surface area contributed by atoms with E-state index < -0.39 is 5.91 Å². The van der Waals surface area contributed by atoms with E-state index in [1.54, 1.807) is 43.6 Å². The summed E-state index contributed by atoms with van der Waals surface area (Å²) in [6, 6.07) is 12.8. The Morgan fingerprint density at radius 2 is 1.96 bits per heavy atom. The van der Waals surface area contributed by atoms with Crippen LogP contribution < -0.4 is 15.5 Å². The molecule has 1 N–H and O–H groups in total. The molecule has 1 amide bonds. The van der Waals surface area contributed by atoms with E-state index in [0.717, 1.165) is 24.9 Å². The molecule has 0 fully saturated rings. The van der Waals surface area contributed by atoms with Crippen LogP contribution in [0.1, 0.15) is 22.3 Å². The molecule has 2 aromatic carbocycles. The summed E-state index contributed by atoms with van der Waals surface area (Å²) in [6.45, 7) is 0.816. The van der Waals surface area contributed by atoms with Crippen LogP contribution in [0.15, 0.2) is 53.5 Å². The fraction of sp³-hybridized carbons (Fsp3) is 0.200. The highest BCUT2D eigenvalue weighted by atomic mass is 16.5. The largest absolute Gasteiger partial charge is 0.497 e. The molecule has 1 aromatic heterocycles. The fourth-order valence-electron chi connectivity index (χ4n) is 3.39. The van der Waals surface area contributed by atoms with Crippen molar-refractivity contribution in [3.63, 3.8) is 0 Å². The Morgan fingerprint density at radius 1 is 1.16 bits per heavy atom. The first-order chi connectivity index (χ1) is 12.2. The van der Waals surface area contributed by atoms with Gasteiger partial charge in [-0.1, -0.05) is 12.1 Å². The van der Waals surface area contributed by atoms with Crippen molar-refractivity contribution in [3.05, 3.63) is 70.0 Å². The summed E-state index contributed by atoms with van der Waals surface area (Å²) in [5.74, 6) is 0.317. The zero-order chi connectivity index (χ0) is 17.4. The first kappa shape index (κ1) is 15.4. The van der Waals surface area contributed by atoms with Gasteiger partial charge in [0.05, 0.1) is 12.6 Å². The molecule has 1 aliphatic heterocycles. The van der Waals surface area contributed by atoms with Crippen LogP contribution in [0, 0.1) is 0 Å². The molecule has 0 radical (unpaired) electrons. The van der Waals surface area contributed by atoms with Crippen molar-refractivity contribution >= 4 is 22.5 Å². The average molecular weight is 334 g/mol. The zero-order valence-corrected chi connectivity index (χ0v) is 13.9. The van der Waals surface area contributed by atoms with Crippen molar-refractivity contribution in [2.45, 2.75) is 19.4 Å². The number of para-hydroxylation sites is 1. The Labute approximate surface area is 144 Å². The average Bonchev–Trinajstić information content (AvgIpc) is 2.65. The number of nitrogens with zero attached hydrogens (tertiary/aromatic N) is 1. The summed E-state index contributed by atoms with van der Waals surface area (Å²) in [5, 5.41) is 3.40. The van der Waals surface area contributed by atoms with Gasteiger partial charge in [-0.05, 0) is 48.7 Å². The molecule has 0 saturated heterocycles. The third-order valence-corrected chi connectivity index (χ3v) is 4.62. The number of pyridine rings is 1. The number of anilines is 1. The van der Waals surface area contributed by atoms with Crippen LogP contribution in [-0.2, 0) is 13.0 Å². The maximum atomic E-state index is 12.8. The molecule has 4 rings (SSSR count). The number of aryl methyl sites for hydroxylation is 2. The second-order valence-electron chi connectivity index (χ2n) is 6.16. The molecule has 25 heavy (non-hydrogen) atoms. The molecule has 3 aromatic rings. The van der Waals surface area contributed by atoms with Crippen LogP contribution in [0.3, 0.4) is 0 Å². The Balaban J connectivity index is 1.75. The second kappa shape index (κ2) is 6.09. The smallest absolute Gasteiger partial charge is 0.261 e. The molecule has 0 saturated carbocycles. The lowest BCUT2D eigenvalue weighted by Gasteiger charge is -2.20. The van der Waals surface area contributed by atoms with Gasteiger partial charge in [0.2, 0.25) is 5.43 Å². The first-order valence-corrected chi connectivity index (χ1v) is 8.28. The van der Waals surface area contributed by atoms with Crippen molar-refractivity contribution in [1.29, 1.82) is 0 Å². The van der Waals surface area contributed by atoms with Gasteiger partial charge >= 0.3 is 0 Å². The standard InChI is InChI=1S/C20H18N2O3/c1-25-15-9-7-14(8-10-15)21-20(24)17-12-22-11-3-5-13-4-2-6-16(18(13)22)19(17)23/h2,4,6-10,12H,3,5,11H2,1H3,(H,21,24). The van der Waals surface area contributed by atoms with Gasteiger partial charge in [0.15, 0.2) is 0 Å². The van der Waals surface area contributed by atoms with Gasteiger partial charge in [0, 0.05) is 23.8 Å². The van der Waals surface area contributed by atoms with Crippen molar-refractivity contribution in [2.75, 3.05) is 12.4 Å². The number of hydrogen-bond donors (Lipinski definition) is 1. The van der Waals surface area contributed by atoms with Crippen molar-refractivity contribution in [1.82, 2.24) is 4.57 Å². The van der Waals surface area contributed by atoms with Crippen LogP contribution in [0.5, 0.6) is 5.75 Å². The predicted octanol–water partition coefficient (Wildman–Crippen LogP) is 3.21. The number of carbonyl (C=O) groups excluding carboxylic acids is 1. The summed E-state index contributed by atoms with van der Waals surface area (Å²) in [7, 11) is 1.59. The molecule has 1 aliphatic rings. The minimum Gasteiger partial charge on any atom is -0.497 e. The lowest BCUT2D eigenvalue weighted by molar-refractivity contribution is 0.102. The lowest BCUT2D eigenvalue weighted by atomic mass is 10.00. The summed E-state index contributed by atoms with van der Waals surface area (Å²) in [4.78, 5) is 25.5. The SMILES string of the molecule is COc1ccc(NC(=O)c2cn3c4c(cccc4c2=O)CCC3)cc1. The maximum Gasteiger partial charge on any atom is 0.261 e.